The number of nitrogens with zero attached hydrogens (tertiary/aromatic N) is 2. The van der Waals surface area contributed by atoms with Gasteiger partial charge in [0.15, 0.2) is 12.4 Å². The fourth-order valence-corrected chi connectivity index (χ4v) is 2.37. The Morgan fingerprint density at radius 3 is 2.70 bits per heavy atom. The molecule has 1 aliphatic rings. The number of amides is 2. The quantitative estimate of drug-likeness (QED) is 0.622. The molecule has 1 heterocycles. The number of rotatable bonds is 6. The van der Waals surface area contributed by atoms with Crippen molar-refractivity contribution < 1.29 is 19.2 Å². The maximum atomic E-state index is 11.8. The average Bonchev–Trinajstić information content (AvgIpc) is 3.05. The van der Waals surface area contributed by atoms with Crippen LogP contribution in [-0.4, -0.2) is 47.9 Å². The summed E-state index contributed by atoms with van der Waals surface area (Å²) in [6.07, 6.45) is 1.95. The molecule has 1 fully saturated rings. The van der Waals surface area contributed by atoms with Crippen LogP contribution in [-0.2, 0) is 9.59 Å². The van der Waals surface area contributed by atoms with Gasteiger partial charge in [-0.15, -0.1) is 0 Å². The molecule has 1 N–H and O–H groups in total. The Balaban J connectivity index is 1.82. The van der Waals surface area contributed by atoms with Gasteiger partial charge in [0.2, 0.25) is 5.91 Å². The van der Waals surface area contributed by atoms with Crippen LogP contribution in [0.4, 0.5) is 5.69 Å². The summed E-state index contributed by atoms with van der Waals surface area (Å²) in [4.78, 5) is 35.4. The van der Waals surface area contributed by atoms with Gasteiger partial charge in [0.05, 0.1) is 11.5 Å². The van der Waals surface area contributed by atoms with E-state index in [4.69, 9.17) is 16.3 Å². The lowest BCUT2D eigenvalue weighted by Crippen LogP contribution is -2.40. The minimum absolute atomic E-state index is 0.0552. The zero-order valence-corrected chi connectivity index (χ0v) is 13.0. The summed E-state index contributed by atoms with van der Waals surface area (Å²) >= 11 is 5.69. The number of benzene rings is 1. The standard InChI is InChI=1S/C14H16ClN3O5/c15-10-3-4-12(11(7-10)18(21)22)23-9-13(19)16-8-14(20)17-5-1-2-6-17/h3-4,7H,1-2,5-6,8-9H2,(H,16,19). The number of likely N-dealkylation sites (tertiary alicyclic amines) is 1. The highest BCUT2D eigenvalue weighted by Gasteiger charge is 2.19. The first-order valence-electron chi connectivity index (χ1n) is 7.08. The summed E-state index contributed by atoms with van der Waals surface area (Å²) < 4.78 is 5.14. The monoisotopic (exact) mass is 341 g/mol. The van der Waals surface area contributed by atoms with Crippen LogP contribution in [0.25, 0.3) is 0 Å². The van der Waals surface area contributed by atoms with Gasteiger partial charge in [-0.25, -0.2) is 0 Å². The van der Waals surface area contributed by atoms with Crippen molar-refractivity contribution in [2.75, 3.05) is 26.2 Å². The number of nitro benzene ring substituents is 1. The van der Waals surface area contributed by atoms with Crippen molar-refractivity contribution in [1.82, 2.24) is 10.2 Å². The Labute approximate surface area is 137 Å². The summed E-state index contributed by atoms with van der Waals surface area (Å²) in [7, 11) is 0. The van der Waals surface area contributed by atoms with Crippen molar-refractivity contribution in [2.45, 2.75) is 12.8 Å². The molecule has 0 bridgehead atoms. The summed E-state index contributed by atoms with van der Waals surface area (Å²) in [5.41, 5.74) is -0.321. The van der Waals surface area contributed by atoms with Crippen molar-refractivity contribution in [3.63, 3.8) is 0 Å². The zero-order valence-electron chi connectivity index (χ0n) is 12.3. The third-order valence-electron chi connectivity index (χ3n) is 3.37. The Morgan fingerprint density at radius 1 is 1.35 bits per heavy atom. The molecular weight excluding hydrogens is 326 g/mol. The van der Waals surface area contributed by atoms with Crippen LogP contribution < -0.4 is 10.1 Å². The maximum Gasteiger partial charge on any atom is 0.312 e. The van der Waals surface area contributed by atoms with Gasteiger partial charge in [0.1, 0.15) is 0 Å². The van der Waals surface area contributed by atoms with Crippen molar-refractivity contribution in [2.24, 2.45) is 0 Å². The number of hydrogen-bond acceptors (Lipinski definition) is 5. The van der Waals surface area contributed by atoms with E-state index in [0.717, 1.165) is 18.9 Å². The second kappa shape index (κ2) is 7.77. The Morgan fingerprint density at radius 2 is 2.04 bits per heavy atom. The van der Waals surface area contributed by atoms with Gasteiger partial charge in [-0.05, 0) is 25.0 Å². The first-order valence-corrected chi connectivity index (χ1v) is 7.46. The highest BCUT2D eigenvalue weighted by molar-refractivity contribution is 6.30. The second-order valence-corrected chi connectivity index (χ2v) is 5.46. The minimum Gasteiger partial charge on any atom is -0.477 e. The van der Waals surface area contributed by atoms with Crippen LogP contribution in [0.15, 0.2) is 18.2 Å². The van der Waals surface area contributed by atoms with E-state index in [2.05, 4.69) is 5.32 Å². The summed E-state index contributed by atoms with van der Waals surface area (Å²) in [5.74, 6) is -0.726. The van der Waals surface area contributed by atoms with Gasteiger partial charge >= 0.3 is 5.69 Å². The molecule has 1 saturated heterocycles. The van der Waals surface area contributed by atoms with Crippen molar-refractivity contribution in [3.05, 3.63) is 33.3 Å². The molecule has 0 radical (unpaired) electrons. The predicted molar refractivity (Wildman–Crippen MR) is 82.4 cm³/mol. The number of carbonyl (C=O) groups excluding carboxylic acids is 2. The van der Waals surface area contributed by atoms with Gasteiger partial charge in [-0.2, -0.15) is 0 Å². The molecule has 1 aromatic carbocycles. The lowest BCUT2D eigenvalue weighted by atomic mass is 10.3. The molecule has 0 unspecified atom stereocenters. The number of ether oxygens (including phenoxy) is 1. The summed E-state index contributed by atoms with van der Waals surface area (Å²) in [6, 6.07) is 3.90. The smallest absolute Gasteiger partial charge is 0.312 e. The molecule has 9 heteroatoms. The molecule has 23 heavy (non-hydrogen) atoms. The first kappa shape index (κ1) is 17.0. The lowest BCUT2D eigenvalue weighted by Gasteiger charge is -2.15. The molecule has 1 aliphatic heterocycles. The molecule has 2 amide bonds. The third-order valence-corrected chi connectivity index (χ3v) is 3.61. The third kappa shape index (κ3) is 4.82. The van der Waals surface area contributed by atoms with E-state index in [1.54, 1.807) is 4.90 Å². The topological polar surface area (TPSA) is 102 Å². The zero-order chi connectivity index (χ0) is 16.8. The summed E-state index contributed by atoms with van der Waals surface area (Å²) in [5, 5.41) is 13.5. The molecule has 1 aromatic rings. The van der Waals surface area contributed by atoms with E-state index in [1.807, 2.05) is 0 Å². The van der Waals surface area contributed by atoms with E-state index < -0.39 is 17.4 Å². The van der Waals surface area contributed by atoms with Crippen LogP contribution >= 0.6 is 11.6 Å². The highest BCUT2D eigenvalue weighted by Crippen LogP contribution is 2.29. The van der Waals surface area contributed by atoms with E-state index in [-0.39, 0.29) is 28.9 Å². The summed E-state index contributed by atoms with van der Waals surface area (Å²) in [6.45, 7) is 0.894. The van der Waals surface area contributed by atoms with Crippen molar-refractivity contribution >= 4 is 29.1 Å². The normalized spacial score (nSPS) is 13.7. The van der Waals surface area contributed by atoms with E-state index in [0.29, 0.717) is 13.1 Å². The Bertz CT molecular complexity index is 616. The number of carbonyl (C=O) groups is 2. The molecule has 2 rings (SSSR count). The number of halogens is 1. The number of nitro groups is 1. The van der Waals surface area contributed by atoms with Crippen molar-refractivity contribution in [1.29, 1.82) is 0 Å². The molecular formula is C14H16ClN3O5. The van der Waals surface area contributed by atoms with Crippen LogP contribution in [0, 0.1) is 10.1 Å². The van der Waals surface area contributed by atoms with E-state index >= 15 is 0 Å². The molecule has 0 aromatic heterocycles. The Kier molecular flexibility index (Phi) is 5.75. The van der Waals surface area contributed by atoms with E-state index in [1.165, 1.54) is 12.1 Å². The van der Waals surface area contributed by atoms with Crippen molar-refractivity contribution in [3.8, 4) is 5.75 Å². The highest BCUT2D eigenvalue weighted by atomic mass is 35.5. The van der Waals surface area contributed by atoms with E-state index in [9.17, 15) is 19.7 Å². The van der Waals surface area contributed by atoms with Crippen LogP contribution in [0.5, 0.6) is 5.75 Å². The SMILES string of the molecule is O=C(COc1ccc(Cl)cc1[N+](=O)[O-])NCC(=O)N1CCCC1. The van der Waals surface area contributed by atoms with Gasteiger partial charge in [-0.1, -0.05) is 11.6 Å². The largest absolute Gasteiger partial charge is 0.477 e. The predicted octanol–water partition coefficient (Wildman–Crippen LogP) is 1.37. The number of hydrogen-bond donors (Lipinski definition) is 1. The lowest BCUT2D eigenvalue weighted by molar-refractivity contribution is -0.385. The molecule has 124 valence electrons. The molecule has 0 aliphatic carbocycles. The molecule has 0 spiro atoms. The van der Waals surface area contributed by atoms with Crippen LogP contribution in [0.1, 0.15) is 12.8 Å². The van der Waals surface area contributed by atoms with Gasteiger partial charge in [0.25, 0.3) is 5.91 Å². The first-order chi connectivity index (χ1) is 11.0. The van der Waals surface area contributed by atoms with Gasteiger partial charge < -0.3 is 15.0 Å². The van der Waals surface area contributed by atoms with Crippen LogP contribution in [0.2, 0.25) is 5.02 Å². The molecule has 0 saturated carbocycles. The average molecular weight is 342 g/mol. The van der Waals surface area contributed by atoms with Crippen LogP contribution in [0.3, 0.4) is 0 Å². The Hall–Kier alpha value is -2.35. The maximum absolute atomic E-state index is 11.8. The minimum atomic E-state index is -0.643. The fraction of sp³-hybridized carbons (Fsp3) is 0.429. The molecule has 8 nitrogen and oxygen atoms in total. The fourth-order valence-electron chi connectivity index (χ4n) is 2.20. The van der Waals surface area contributed by atoms with Gasteiger partial charge in [-0.3, -0.25) is 19.7 Å². The second-order valence-electron chi connectivity index (χ2n) is 5.02. The van der Waals surface area contributed by atoms with Gasteiger partial charge in [0, 0.05) is 24.2 Å². The molecule has 0 atom stereocenters. The number of nitrogens with one attached hydrogen (secondary N) is 1.